The maximum absolute atomic E-state index is 8.83. The number of nitriles is 1. The van der Waals surface area contributed by atoms with Gasteiger partial charge >= 0.3 is 0 Å². The monoisotopic (exact) mass is 352 g/mol. The zero-order valence-corrected chi connectivity index (χ0v) is 14.4. The second-order valence-corrected chi connectivity index (χ2v) is 5.92. The Balaban J connectivity index is 1.82. The highest BCUT2D eigenvalue weighted by Crippen LogP contribution is 2.23. The van der Waals surface area contributed by atoms with E-state index < -0.39 is 0 Å². The molecular formula is C18H16N4O2S. The van der Waals surface area contributed by atoms with E-state index in [4.69, 9.17) is 14.7 Å². The van der Waals surface area contributed by atoms with E-state index >= 15 is 0 Å². The molecule has 1 aromatic heterocycles. The zero-order chi connectivity index (χ0) is 17.5. The first kappa shape index (κ1) is 16.9. The molecule has 0 saturated carbocycles. The summed E-state index contributed by atoms with van der Waals surface area (Å²) in [4.78, 5) is 0. The van der Waals surface area contributed by atoms with Crippen LogP contribution in [0.25, 0.3) is 5.69 Å². The second kappa shape index (κ2) is 8.22. The average molecular weight is 352 g/mol. The number of thioether (sulfide) groups is 1. The molecule has 0 aliphatic heterocycles. The van der Waals surface area contributed by atoms with Crippen LogP contribution >= 0.6 is 11.8 Å². The van der Waals surface area contributed by atoms with Crippen LogP contribution in [0, 0.1) is 11.3 Å². The number of para-hydroxylation sites is 1. The summed E-state index contributed by atoms with van der Waals surface area (Å²) < 4.78 is 12.9. The third-order valence-electron chi connectivity index (χ3n) is 3.41. The van der Waals surface area contributed by atoms with Gasteiger partial charge in [0, 0.05) is 5.69 Å². The number of aromatic nitrogens is 3. The average Bonchev–Trinajstić information content (AvgIpc) is 3.08. The molecule has 7 heteroatoms. The lowest BCUT2D eigenvalue weighted by molar-refractivity contribution is 0.292. The standard InChI is InChI=1S/C18H16N4O2S/c1-23-15-7-9-16(10-8-15)24-13-17-20-21-18(25-12-11-19)22(17)14-5-3-2-4-6-14/h2-10H,12-13H2,1H3. The van der Waals surface area contributed by atoms with Crippen LogP contribution in [0.15, 0.2) is 59.8 Å². The molecule has 25 heavy (non-hydrogen) atoms. The lowest BCUT2D eigenvalue weighted by atomic mass is 10.3. The molecule has 0 amide bonds. The van der Waals surface area contributed by atoms with Gasteiger partial charge in [0.15, 0.2) is 11.0 Å². The number of nitrogens with zero attached hydrogens (tertiary/aromatic N) is 4. The Hall–Kier alpha value is -2.98. The molecule has 2 aromatic carbocycles. The van der Waals surface area contributed by atoms with Crippen LogP contribution in [0.5, 0.6) is 11.5 Å². The van der Waals surface area contributed by atoms with Crippen LogP contribution in [0.3, 0.4) is 0 Å². The van der Waals surface area contributed by atoms with E-state index in [0.717, 1.165) is 17.2 Å². The highest BCUT2D eigenvalue weighted by molar-refractivity contribution is 7.99. The van der Waals surface area contributed by atoms with Crippen molar-refractivity contribution in [2.75, 3.05) is 12.9 Å². The van der Waals surface area contributed by atoms with Crippen molar-refractivity contribution < 1.29 is 9.47 Å². The van der Waals surface area contributed by atoms with E-state index in [-0.39, 0.29) is 6.61 Å². The van der Waals surface area contributed by atoms with Crippen molar-refractivity contribution in [3.05, 3.63) is 60.4 Å². The van der Waals surface area contributed by atoms with Crippen LogP contribution in [0.4, 0.5) is 0 Å². The predicted octanol–water partition coefficient (Wildman–Crippen LogP) is 3.47. The summed E-state index contributed by atoms with van der Waals surface area (Å²) in [6.07, 6.45) is 0. The van der Waals surface area contributed by atoms with E-state index in [0.29, 0.717) is 16.7 Å². The van der Waals surface area contributed by atoms with Crippen molar-refractivity contribution >= 4 is 11.8 Å². The molecule has 3 rings (SSSR count). The Bertz CT molecular complexity index is 857. The van der Waals surface area contributed by atoms with Crippen molar-refractivity contribution in [1.82, 2.24) is 14.8 Å². The summed E-state index contributed by atoms with van der Waals surface area (Å²) in [7, 11) is 1.62. The van der Waals surface area contributed by atoms with Gasteiger partial charge < -0.3 is 9.47 Å². The zero-order valence-electron chi connectivity index (χ0n) is 13.6. The van der Waals surface area contributed by atoms with Gasteiger partial charge in [-0.15, -0.1) is 10.2 Å². The molecule has 0 spiro atoms. The van der Waals surface area contributed by atoms with Crippen LogP contribution in [-0.2, 0) is 6.61 Å². The summed E-state index contributed by atoms with van der Waals surface area (Å²) in [6.45, 7) is 0.265. The van der Waals surface area contributed by atoms with Gasteiger partial charge in [-0.2, -0.15) is 5.26 Å². The number of hydrogen-bond donors (Lipinski definition) is 0. The molecule has 0 radical (unpaired) electrons. The summed E-state index contributed by atoms with van der Waals surface area (Å²) in [6, 6.07) is 19.2. The Morgan fingerprint density at radius 3 is 2.44 bits per heavy atom. The minimum absolute atomic E-state index is 0.265. The largest absolute Gasteiger partial charge is 0.497 e. The van der Waals surface area contributed by atoms with E-state index in [2.05, 4.69) is 16.3 Å². The SMILES string of the molecule is COc1ccc(OCc2nnc(SCC#N)n2-c2ccccc2)cc1. The van der Waals surface area contributed by atoms with Crippen molar-refractivity contribution in [1.29, 1.82) is 5.26 Å². The van der Waals surface area contributed by atoms with Crippen LogP contribution in [0.1, 0.15) is 5.82 Å². The molecule has 0 saturated heterocycles. The molecule has 0 bridgehead atoms. The van der Waals surface area contributed by atoms with Crippen molar-refractivity contribution in [3.8, 4) is 23.3 Å². The lowest BCUT2D eigenvalue weighted by Crippen LogP contribution is -2.06. The molecular weight excluding hydrogens is 336 g/mol. The first-order valence-electron chi connectivity index (χ1n) is 7.58. The molecule has 6 nitrogen and oxygen atoms in total. The molecule has 126 valence electrons. The summed E-state index contributed by atoms with van der Waals surface area (Å²) in [5.41, 5.74) is 0.932. The molecule has 3 aromatic rings. The Kier molecular flexibility index (Phi) is 5.54. The smallest absolute Gasteiger partial charge is 0.196 e. The Morgan fingerprint density at radius 2 is 1.76 bits per heavy atom. The summed E-state index contributed by atoms with van der Waals surface area (Å²) in [5, 5.41) is 17.9. The summed E-state index contributed by atoms with van der Waals surface area (Å²) >= 11 is 1.35. The fourth-order valence-corrected chi connectivity index (χ4v) is 2.87. The van der Waals surface area contributed by atoms with E-state index in [1.165, 1.54) is 11.8 Å². The number of ether oxygens (including phenoxy) is 2. The minimum Gasteiger partial charge on any atom is -0.497 e. The van der Waals surface area contributed by atoms with Crippen molar-refractivity contribution in [2.24, 2.45) is 0 Å². The van der Waals surface area contributed by atoms with Gasteiger partial charge in [0.05, 0.1) is 18.9 Å². The van der Waals surface area contributed by atoms with Gasteiger partial charge in [0.1, 0.15) is 18.1 Å². The second-order valence-electron chi connectivity index (χ2n) is 4.98. The van der Waals surface area contributed by atoms with Crippen LogP contribution in [0.2, 0.25) is 0 Å². The van der Waals surface area contributed by atoms with Gasteiger partial charge in [-0.05, 0) is 36.4 Å². The lowest BCUT2D eigenvalue weighted by Gasteiger charge is -2.10. The molecule has 0 atom stereocenters. The molecule has 0 N–H and O–H groups in total. The molecule has 0 fully saturated rings. The highest BCUT2D eigenvalue weighted by Gasteiger charge is 2.14. The summed E-state index contributed by atoms with van der Waals surface area (Å²) in [5.74, 6) is 2.47. The fourth-order valence-electron chi connectivity index (χ4n) is 2.24. The third kappa shape index (κ3) is 4.11. The highest BCUT2D eigenvalue weighted by atomic mass is 32.2. The van der Waals surface area contributed by atoms with E-state index in [1.54, 1.807) is 7.11 Å². The van der Waals surface area contributed by atoms with E-state index in [9.17, 15) is 0 Å². The van der Waals surface area contributed by atoms with Gasteiger partial charge in [-0.1, -0.05) is 30.0 Å². The van der Waals surface area contributed by atoms with Gasteiger partial charge in [0.25, 0.3) is 0 Å². The van der Waals surface area contributed by atoms with Gasteiger partial charge in [-0.25, -0.2) is 0 Å². The fraction of sp³-hybridized carbons (Fsp3) is 0.167. The number of benzene rings is 2. The van der Waals surface area contributed by atoms with Crippen LogP contribution < -0.4 is 9.47 Å². The predicted molar refractivity (Wildman–Crippen MR) is 95.0 cm³/mol. The maximum Gasteiger partial charge on any atom is 0.196 e. The van der Waals surface area contributed by atoms with E-state index in [1.807, 2.05) is 59.2 Å². The quantitative estimate of drug-likeness (QED) is 0.606. The third-order valence-corrected chi connectivity index (χ3v) is 4.20. The Labute approximate surface area is 150 Å². The van der Waals surface area contributed by atoms with Crippen molar-refractivity contribution in [3.63, 3.8) is 0 Å². The number of methoxy groups -OCH3 is 1. The maximum atomic E-state index is 8.83. The molecule has 1 heterocycles. The first-order chi connectivity index (χ1) is 12.3. The molecule has 0 aliphatic carbocycles. The minimum atomic E-state index is 0.265. The molecule has 0 unspecified atom stereocenters. The van der Waals surface area contributed by atoms with Gasteiger partial charge in [0.2, 0.25) is 0 Å². The number of hydrogen-bond acceptors (Lipinski definition) is 6. The van der Waals surface area contributed by atoms with Gasteiger partial charge in [-0.3, -0.25) is 4.57 Å². The molecule has 0 aliphatic rings. The Morgan fingerprint density at radius 1 is 1.04 bits per heavy atom. The normalized spacial score (nSPS) is 10.2. The topological polar surface area (TPSA) is 73.0 Å². The first-order valence-corrected chi connectivity index (χ1v) is 8.56. The van der Waals surface area contributed by atoms with Crippen molar-refractivity contribution in [2.45, 2.75) is 11.8 Å². The van der Waals surface area contributed by atoms with Crippen LogP contribution in [-0.4, -0.2) is 27.6 Å². The number of rotatable bonds is 7.